The molecule has 1 aliphatic heterocycles. The summed E-state index contributed by atoms with van der Waals surface area (Å²) in [7, 11) is 1.65. The second-order valence-corrected chi connectivity index (χ2v) is 7.23. The molecule has 1 unspecified atom stereocenters. The summed E-state index contributed by atoms with van der Waals surface area (Å²) in [6.45, 7) is 4.56. The Balaban J connectivity index is 1.68. The average molecular weight is 396 g/mol. The number of rotatable bonds is 7. The van der Waals surface area contributed by atoms with Crippen molar-refractivity contribution in [2.45, 2.75) is 25.9 Å². The maximum Gasteiger partial charge on any atom is 0.224 e. The number of nitrogens with zero attached hydrogens (tertiary/aromatic N) is 2. The molecule has 0 spiro atoms. The Morgan fingerprint density at radius 3 is 2.59 bits per heavy atom. The smallest absolute Gasteiger partial charge is 0.224 e. The van der Waals surface area contributed by atoms with Crippen LogP contribution >= 0.6 is 0 Å². The van der Waals surface area contributed by atoms with Crippen molar-refractivity contribution < 1.29 is 14.3 Å². The largest absolute Gasteiger partial charge is 0.496 e. The van der Waals surface area contributed by atoms with Gasteiger partial charge in [0.2, 0.25) is 11.8 Å². The van der Waals surface area contributed by atoms with Crippen LogP contribution in [0.1, 0.15) is 30.5 Å². The molecule has 2 aromatic carbocycles. The topological polar surface area (TPSA) is 61.9 Å². The molecule has 6 heteroatoms. The molecule has 1 aliphatic rings. The molecular formula is C23H29N3O3. The molecule has 1 saturated heterocycles. The molecular weight excluding hydrogens is 366 g/mol. The second kappa shape index (κ2) is 10.1. The Labute approximate surface area is 172 Å². The summed E-state index contributed by atoms with van der Waals surface area (Å²) in [6.07, 6.45) is 0.304. The van der Waals surface area contributed by atoms with Crippen LogP contribution in [0.25, 0.3) is 0 Å². The van der Waals surface area contributed by atoms with E-state index in [1.807, 2.05) is 59.5 Å². The zero-order valence-corrected chi connectivity index (χ0v) is 17.1. The van der Waals surface area contributed by atoms with E-state index in [-0.39, 0.29) is 17.9 Å². The van der Waals surface area contributed by atoms with Crippen LogP contribution in [0, 0.1) is 0 Å². The zero-order chi connectivity index (χ0) is 20.6. The molecule has 1 fully saturated rings. The molecule has 1 atom stereocenters. The highest BCUT2D eigenvalue weighted by Crippen LogP contribution is 2.30. The van der Waals surface area contributed by atoms with Crippen molar-refractivity contribution in [3.8, 4) is 5.75 Å². The zero-order valence-electron chi connectivity index (χ0n) is 17.1. The summed E-state index contributed by atoms with van der Waals surface area (Å²) >= 11 is 0. The summed E-state index contributed by atoms with van der Waals surface area (Å²) in [5.41, 5.74) is 2.06. The van der Waals surface area contributed by atoms with Crippen molar-refractivity contribution in [2.24, 2.45) is 0 Å². The SMILES string of the molecule is COc1ccccc1C1CNCCN1C(=O)CCN(Cc1ccccc1)C(C)=O. The average Bonchev–Trinajstić information content (AvgIpc) is 2.76. The van der Waals surface area contributed by atoms with Crippen molar-refractivity contribution >= 4 is 11.8 Å². The van der Waals surface area contributed by atoms with Crippen LogP contribution in [0.3, 0.4) is 0 Å². The van der Waals surface area contributed by atoms with Gasteiger partial charge >= 0.3 is 0 Å². The standard InChI is InChI=1S/C23H29N3O3/c1-18(27)25(17-19-8-4-3-5-9-19)14-12-23(28)26-15-13-24-16-21(26)20-10-6-7-11-22(20)29-2/h3-11,21,24H,12-17H2,1-2H3. The third-order valence-corrected chi connectivity index (χ3v) is 5.32. The number of carbonyl (C=O) groups excluding carboxylic acids is 2. The molecule has 2 amide bonds. The molecule has 0 aliphatic carbocycles. The van der Waals surface area contributed by atoms with Crippen molar-refractivity contribution in [1.82, 2.24) is 15.1 Å². The van der Waals surface area contributed by atoms with Gasteiger partial charge in [-0.3, -0.25) is 9.59 Å². The number of benzene rings is 2. The van der Waals surface area contributed by atoms with Gasteiger partial charge in [-0.1, -0.05) is 48.5 Å². The van der Waals surface area contributed by atoms with Gasteiger partial charge in [-0.05, 0) is 11.6 Å². The number of hydrogen-bond acceptors (Lipinski definition) is 4. The Bertz CT molecular complexity index is 825. The summed E-state index contributed by atoms with van der Waals surface area (Å²) in [5.74, 6) is 0.818. The van der Waals surface area contributed by atoms with Gasteiger partial charge in [-0.25, -0.2) is 0 Å². The summed E-state index contributed by atoms with van der Waals surface area (Å²) < 4.78 is 5.50. The molecule has 0 aromatic heterocycles. The van der Waals surface area contributed by atoms with E-state index in [0.717, 1.165) is 23.4 Å². The van der Waals surface area contributed by atoms with Gasteiger partial charge in [0.1, 0.15) is 5.75 Å². The molecule has 6 nitrogen and oxygen atoms in total. The van der Waals surface area contributed by atoms with Crippen molar-refractivity contribution in [1.29, 1.82) is 0 Å². The number of amides is 2. The minimum absolute atomic E-state index is 0.0248. The van der Waals surface area contributed by atoms with E-state index >= 15 is 0 Å². The van der Waals surface area contributed by atoms with Gasteiger partial charge in [0.15, 0.2) is 0 Å². The van der Waals surface area contributed by atoms with Gasteiger partial charge in [0, 0.05) is 51.6 Å². The Kier molecular flexibility index (Phi) is 7.25. The van der Waals surface area contributed by atoms with Crippen molar-refractivity contribution in [2.75, 3.05) is 33.3 Å². The molecule has 1 heterocycles. The normalized spacial score (nSPS) is 16.3. The number of methoxy groups -OCH3 is 1. The van der Waals surface area contributed by atoms with Crippen molar-refractivity contribution in [3.05, 3.63) is 65.7 Å². The molecule has 29 heavy (non-hydrogen) atoms. The van der Waals surface area contributed by atoms with E-state index < -0.39 is 0 Å². The number of ether oxygens (including phenoxy) is 1. The predicted octanol–water partition coefficient (Wildman–Crippen LogP) is 2.61. The Morgan fingerprint density at radius 2 is 1.86 bits per heavy atom. The first-order valence-corrected chi connectivity index (χ1v) is 10.0. The molecule has 1 N–H and O–H groups in total. The summed E-state index contributed by atoms with van der Waals surface area (Å²) in [4.78, 5) is 28.8. The van der Waals surface area contributed by atoms with Crippen LogP contribution in [0.4, 0.5) is 0 Å². The fourth-order valence-electron chi connectivity index (χ4n) is 3.75. The van der Waals surface area contributed by atoms with Gasteiger partial charge in [0.05, 0.1) is 13.2 Å². The van der Waals surface area contributed by atoms with Crippen LogP contribution < -0.4 is 10.1 Å². The van der Waals surface area contributed by atoms with E-state index in [1.165, 1.54) is 0 Å². The molecule has 3 rings (SSSR count). The van der Waals surface area contributed by atoms with Crippen LogP contribution in [-0.2, 0) is 16.1 Å². The van der Waals surface area contributed by atoms with Gasteiger partial charge < -0.3 is 19.9 Å². The summed E-state index contributed by atoms with van der Waals surface area (Å²) in [6, 6.07) is 17.6. The van der Waals surface area contributed by atoms with Crippen LogP contribution in [0.15, 0.2) is 54.6 Å². The molecule has 0 bridgehead atoms. The maximum absolute atomic E-state index is 13.1. The number of carbonyl (C=O) groups is 2. The van der Waals surface area contributed by atoms with Gasteiger partial charge in [-0.15, -0.1) is 0 Å². The fourth-order valence-corrected chi connectivity index (χ4v) is 3.75. The number of piperazine rings is 1. The Hall–Kier alpha value is -2.86. The molecule has 154 valence electrons. The predicted molar refractivity (Wildman–Crippen MR) is 112 cm³/mol. The number of nitrogens with one attached hydrogen (secondary N) is 1. The lowest BCUT2D eigenvalue weighted by Crippen LogP contribution is -2.49. The molecule has 2 aromatic rings. The number of para-hydroxylation sites is 1. The third kappa shape index (κ3) is 5.35. The van der Waals surface area contributed by atoms with E-state index in [4.69, 9.17) is 4.74 Å². The monoisotopic (exact) mass is 395 g/mol. The molecule has 0 saturated carbocycles. The highest BCUT2D eigenvalue weighted by Gasteiger charge is 2.29. The lowest BCUT2D eigenvalue weighted by Gasteiger charge is -2.37. The summed E-state index contributed by atoms with van der Waals surface area (Å²) in [5, 5.41) is 3.37. The quantitative estimate of drug-likeness (QED) is 0.783. The van der Waals surface area contributed by atoms with Crippen LogP contribution in [0.2, 0.25) is 0 Å². The van der Waals surface area contributed by atoms with Crippen LogP contribution in [0.5, 0.6) is 5.75 Å². The minimum atomic E-state index is -0.0766. The lowest BCUT2D eigenvalue weighted by atomic mass is 10.0. The minimum Gasteiger partial charge on any atom is -0.496 e. The highest BCUT2D eigenvalue weighted by molar-refractivity contribution is 5.79. The lowest BCUT2D eigenvalue weighted by molar-refractivity contribution is -0.136. The highest BCUT2D eigenvalue weighted by atomic mass is 16.5. The van der Waals surface area contributed by atoms with Gasteiger partial charge in [-0.2, -0.15) is 0 Å². The number of hydrogen-bond donors (Lipinski definition) is 1. The van der Waals surface area contributed by atoms with E-state index in [2.05, 4.69) is 5.32 Å². The second-order valence-electron chi connectivity index (χ2n) is 7.23. The van der Waals surface area contributed by atoms with Crippen molar-refractivity contribution in [3.63, 3.8) is 0 Å². The maximum atomic E-state index is 13.1. The first-order valence-electron chi connectivity index (χ1n) is 10.0. The molecule has 0 radical (unpaired) electrons. The Morgan fingerprint density at radius 1 is 1.14 bits per heavy atom. The van der Waals surface area contributed by atoms with E-state index in [0.29, 0.717) is 32.6 Å². The van der Waals surface area contributed by atoms with E-state index in [9.17, 15) is 9.59 Å². The first kappa shape index (κ1) is 20.9. The first-order chi connectivity index (χ1) is 14.1. The third-order valence-electron chi connectivity index (χ3n) is 5.32. The fraction of sp³-hybridized carbons (Fsp3) is 0.391. The van der Waals surface area contributed by atoms with Crippen LogP contribution in [-0.4, -0.2) is 54.9 Å². The van der Waals surface area contributed by atoms with E-state index in [1.54, 1.807) is 18.9 Å². The van der Waals surface area contributed by atoms with Gasteiger partial charge in [0.25, 0.3) is 0 Å².